The predicted octanol–water partition coefficient (Wildman–Crippen LogP) is 1.62. The molecule has 0 amide bonds. The third-order valence-corrected chi connectivity index (χ3v) is 4.16. The van der Waals surface area contributed by atoms with E-state index < -0.39 is 13.3 Å². The summed E-state index contributed by atoms with van der Waals surface area (Å²) in [5.74, 6) is 3.05. The van der Waals surface area contributed by atoms with Gasteiger partial charge in [0.2, 0.25) is 0 Å². The Morgan fingerprint density at radius 2 is 2.50 bits per heavy atom. The Hall–Kier alpha value is -0.310. The van der Waals surface area contributed by atoms with Crippen molar-refractivity contribution in [3.63, 3.8) is 0 Å². The third kappa shape index (κ3) is 2.84. The van der Waals surface area contributed by atoms with E-state index in [2.05, 4.69) is 11.9 Å². The Morgan fingerprint density at radius 1 is 1.71 bits per heavy atom. The average molecular weight is 216 g/mol. The molecule has 0 bridgehead atoms. The van der Waals surface area contributed by atoms with Gasteiger partial charge in [-0.2, -0.15) is 0 Å². The van der Waals surface area contributed by atoms with E-state index in [1.807, 2.05) is 0 Å². The summed E-state index contributed by atoms with van der Waals surface area (Å²) in [7, 11) is -0.973. The standard InChI is InChI=1S/C9H17N2O2P/c1-2-4-11-8-14(7-10)9(12)3-5-13-6-9/h7-8,10,12H,2-6H2,1H3. The van der Waals surface area contributed by atoms with E-state index in [0.717, 1.165) is 13.0 Å². The van der Waals surface area contributed by atoms with Gasteiger partial charge in [0, 0.05) is 39.4 Å². The zero-order chi connectivity index (χ0) is 10.4. The van der Waals surface area contributed by atoms with Gasteiger partial charge < -0.3 is 15.3 Å². The number of hydrogen-bond donors (Lipinski definition) is 2. The third-order valence-electron chi connectivity index (χ3n) is 2.16. The molecule has 1 rings (SSSR count). The second kappa shape index (κ2) is 5.54. The largest absolute Gasteiger partial charge is 0.382 e. The number of hydrogen-bond acceptors (Lipinski definition) is 4. The molecule has 2 N–H and O–H groups in total. The van der Waals surface area contributed by atoms with Crippen molar-refractivity contribution in [3.05, 3.63) is 0 Å². The van der Waals surface area contributed by atoms with Crippen molar-refractivity contribution in [2.24, 2.45) is 4.99 Å². The van der Waals surface area contributed by atoms with Gasteiger partial charge >= 0.3 is 0 Å². The summed E-state index contributed by atoms with van der Waals surface area (Å²) >= 11 is 0. The van der Waals surface area contributed by atoms with Crippen molar-refractivity contribution >= 4 is 19.8 Å². The summed E-state index contributed by atoms with van der Waals surface area (Å²) in [6.07, 6.45) is 1.61. The molecule has 1 aliphatic heterocycles. The number of ether oxygens (including phenoxy) is 1. The molecule has 1 heterocycles. The van der Waals surface area contributed by atoms with E-state index in [-0.39, 0.29) is 0 Å². The molecular weight excluding hydrogens is 199 g/mol. The minimum absolute atomic E-state index is 0.340. The van der Waals surface area contributed by atoms with Crippen LogP contribution in [0.1, 0.15) is 19.8 Å². The molecule has 80 valence electrons. The van der Waals surface area contributed by atoms with Crippen LogP contribution in [0.2, 0.25) is 0 Å². The normalized spacial score (nSPS) is 29.6. The monoisotopic (exact) mass is 216 g/mol. The molecule has 1 saturated heterocycles. The molecule has 14 heavy (non-hydrogen) atoms. The molecule has 0 aliphatic carbocycles. The molecule has 0 saturated carbocycles. The SMILES string of the molecule is CCCN=CP(C=N)C1(O)CCOC1. The first-order chi connectivity index (χ1) is 6.73. The topological polar surface area (TPSA) is 65.7 Å². The van der Waals surface area contributed by atoms with Crippen LogP contribution in [0.5, 0.6) is 0 Å². The summed E-state index contributed by atoms with van der Waals surface area (Å²) in [6.45, 7) is 3.75. The molecule has 0 aromatic carbocycles. The van der Waals surface area contributed by atoms with Gasteiger partial charge in [-0.25, -0.2) is 0 Å². The van der Waals surface area contributed by atoms with Gasteiger partial charge in [0.25, 0.3) is 0 Å². The maximum atomic E-state index is 10.1. The van der Waals surface area contributed by atoms with Gasteiger partial charge in [-0.15, -0.1) is 0 Å². The van der Waals surface area contributed by atoms with Crippen molar-refractivity contribution in [2.45, 2.75) is 25.1 Å². The van der Waals surface area contributed by atoms with Crippen molar-refractivity contribution < 1.29 is 9.84 Å². The van der Waals surface area contributed by atoms with Gasteiger partial charge in [-0.05, 0) is 6.42 Å². The molecule has 0 aromatic rings. The van der Waals surface area contributed by atoms with Crippen molar-refractivity contribution in [1.29, 1.82) is 5.41 Å². The molecule has 0 spiro atoms. The molecule has 2 atom stereocenters. The van der Waals surface area contributed by atoms with Gasteiger partial charge in [-0.3, -0.25) is 4.99 Å². The van der Waals surface area contributed by atoms with E-state index in [0.29, 0.717) is 19.6 Å². The van der Waals surface area contributed by atoms with Crippen LogP contribution < -0.4 is 0 Å². The van der Waals surface area contributed by atoms with Crippen molar-refractivity contribution in [2.75, 3.05) is 19.8 Å². The summed E-state index contributed by atoms with van der Waals surface area (Å²) in [5, 5.41) is 16.6. The highest BCUT2D eigenvalue weighted by atomic mass is 31.1. The highest BCUT2D eigenvalue weighted by Crippen LogP contribution is 2.47. The zero-order valence-corrected chi connectivity index (χ0v) is 9.33. The van der Waals surface area contributed by atoms with Gasteiger partial charge in [0.15, 0.2) is 0 Å². The second-order valence-electron chi connectivity index (χ2n) is 3.34. The van der Waals surface area contributed by atoms with Crippen LogP contribution in [0.15, 0.2) is 4.99 Å². The van der Waals surface area contributed by atoms with Gasteiger partial charge in [-0.1, -0.05) is 6.92 Å². The smallest absolute Gasteiger partial charge is 0.119 e. The number of aliphatic hydroxyl groups is 1. The van der Waals surface area contributed by atoms with Crippen LogP contribution >= 0.6 is 7.92 Å². The average Bonchev–Trinajstić information content (AvgIpc) is 2.61. The second-order valence-corrected chi connectivity index (χ2v) is 5.48. The van der Waals surface area contributed by atoms with Crippen LogP contribution in [0.4, 0.5) is 0 Å². The summed E-state index contributed by atoms with van der Waals surface area (Å²) < 4.78 is 5.15. The first-order valence-corrected chi connectivity index (χ1v) is 6.30. The van der Waals surface area contributed by atoms with Gasteiger partial charge in [0.05, 0.1) is 6.61 Å². The fourth-order valence-electron chi connectivity index (χ4n) is 1.28. The molecule has 4 nitrogen and oxygen atoms in total. The van der Waals surface area contributed by atoms with E-state index in [4.69, 9.17) is 10.1 Å². The Balaban J connectivity index is 2.56. The summed E-state index contributed by atoms with van der Waals surface area (Å²) in [4.78, 5) is 4.19. The number of nitrogens with zero attached hydrogens (tertiary/aromatic N) is 1. The zero-order valence-electron chi connectivity index (χ0n) is 8.44. The molecule has 1 aliphatic rings. The minimum Gasteiger partial charge on any atom is -0.382 e. The highest BCUT2D eigenvalue weighted by molar-refractivity contribution is 7.86. The lowest BCUT2D eigenvalue weighted by Gasteiger charge is -2.24. The molecule has 0 aromatic heterocycles. The quantitative estimate of drug-likeness (QED) is 0.541. The van der Waals surface area contributed by atoms with Crippen LogP contribution in [0.3, 0.4) is 0 Å². The van der Waals surface area contributed by atoms with E-state index >= 15 is 0 Å². The lowest BCUT2D eigenvalue weighted by molar-refractivity contribution is 0.0999. The van der Waals surface area contributed by atoms with Crippen LogP contribution in [0, 0.1) is 5.41 Å². The molecule has 5 heteroatoms. The van der Waals surface area contributed by atoms with Crippen LogP contribution in [0.25, 0.3) is 0 Å². The Labute approximate surface area is 85.6 Å². The molecule has 2 unspecified atom stereocenters. The Kier molecular flexibility index (Phi) is 4.66. The first-order valence-electron chi connectivity index (χ1n) is 4.82. The number of aliphatic imine (C=N–C) groups is 1. The van der Waals surface area contributed by atoms with Crippen LogP contribution in [-0.4, -0.2) is 42.1 Å². The first kappa shape index (κ1) is 11.8. The predicted molar refractivity (Wildman–Crippen MR) is 59.7 cm³/mol. The van der Waals surface area contributed by atoms with Crippen LogP contribution in [-0.2, 0) is 4.74 Å². The maximum Gasteiger partial charge on any atom is 0.119 e. The Bertz CT molecular complexity index is 215. The number of rotatable bonds is 5. The summed E-state index contributed by atoms with van der Waals surface area (Å²) in [6, 6.07) is 0. The number of nitrogens with one attached hydrogen (secondary N) is 1. The summed E-state index contributed by atoms with van der Waals surface area (Å²) in [5.41, 5.74) is 0. The molecule has 1 fully saturated rings. The van der Waals surface area contributed by atoms with Crippen molar-refractivity contribution in [1.82, 2.24) is 0 Å². The lowest BCUT2D eigenvalue weighted by atomic mass is 10.3. The maximum absolute atomic E-state index is 10.1. The fourth-order valence-corrected chi connectivity index (χ4v) is 2.69. The lowest BCUT2D eigenvalue weighted by Crippen LogP contribution is -2.27. The molecule has 0 radical (unpaired) electrons. The van der Waals surface area contributed by atoms with Gasteiger partial charge in [0.1, 0.15) is 5.34 Å². The van der Waals surface area contributed by atoms with E-state index in [1.54, 1.807) is 5.96 Å². The fraction of sp³-hybridized carbons (Fsp3) is 0.778. The Morgan fingerprint density at radius 3 is 3.00 bits per heavy atom. The molecular formula is C9H17N2O2P. The van der Waals surface area contributed by atoms with E-state index in [1.165, 1.54) is 5.96 Å². The van der Waals surface area contributed by atoms with E-state index in [9.17, 15) is 5.11 Å². The van der Waals surface area contributed by atoms with Crippen molar-refractivity contribution in [3.8, 4) is 0 Å². The minimum atomic E-state index is -0.973. The highest BCUT2D eigenvalue weighted by Gasteiger charge is 2.38.